The van der Waals surface area contributed by atoms with Gasteiger partial charge in [0.15, 0.2) is 11.8 Å². The maximum Gasteiger partial charge on any atom is 0.213 e. The molecule has 6 nitrogen and oxygen atoms in total. The molecule has 0 spiro atoms. The maximum atomic E-state index is 5.45. The molecular formula is C7H13N5O. The number of aromatic nitrogens is 2. The normalized spacial score (nSPS) is 11.5. The van der Waals surface area contributed by atoms with Crippen molar-refractivity contribution in [3.63, 3.8) is 0 Å². The second-order valence-corrected chi connectivity index (χ2v) is 2.43. The summed E-state index contributed by atoms with van der Waals surface area (Å²) >= 11 is 0. The van der Waals surface area contributed by atoms with Gasteiger partial charge in [0, 0.05) is 20.2 Å². The second-order valence-electron chi connectivity index (χ2n) is 2.43. The van der Waals surface area contributed by atoms with Gasteiger partial charge in [0.25, 0.3) is 0 Å². The third kappa shape index (κ3) is 2.11. The van der Waals surface area contributed by atoms with Crippen LogP contribution in [0.5, 0.6) is 5.88 Å². The molecule has 6 heteroatoms. The van der Waals surface area contributed by atoms with Crippen LogP contribution in [0.1, 0.15) is 0 Å². The Labute approximate surface area is 76.4 Å². The highest BCUT2D eigenvalue weighted by molar-refractivity contribution is 5.91. The minimum Gasteiger partial charge on any atom is -0.481 e. The zero-order chi connectivity index (χ0) is 9.84. The largest absolute Gasteiger partial charge is 0.481 e. The number of methoxy groups -OCH3 is 1. The van der Waals surface area contributed by atoms with E-state index < -0.39 is 0 Å². The van der Waals surface area contributed by atoms with Gasteiger partial charge in [0.1, 0.15) is 0 Å². The fourth-order valence-corrected chi connectivity index (χ4v) is 0.889. The third-order valence-corrected chi connectivity index (χ3v) is 1.54. The van der Waals surface area contributed by atoms with Crippen LogP contribution in [0.25, 0.3) is 0 Å². The first kappa shape index (κ1) is 9.37. The molecule has 0 saturated carbocycles. The molecule has 0 saturated heterocycles. The van der Waals surface area contributed by atoms with Crippen molar-refractivity contribution in [3.05, 3.63) is 6.07 Å². The Balaban J connectivity index is 2.79. The van der Waals surface area contributed by atoms with Crippen LogP contribution in [-0.4, -0.2) is 29.9 Å². The maximum absolute atomic E-state index is 5.45. The van der Waals surface area contributed by atoms with Crippen molar-refractivity contribution in [2.75, 3.05) is 19.5 Å². The number of anilines is 1. The van der Waals surface area contributed by atoms with E-state index in [0.717, 1.165) is 0 Å². The average Bonchev–Trinajstić information content (AvgIpc) is 2.46. The molecule has 72 valence electrons. The molecule has 3 N–H and O–H groups in total. The Kier molecular flexibility index (Phi) is 2.73. The molecule has 0 aliphatic heterocycles. The lowest BCUT2D eigenvalue weighted by Crippen LogP contribution is -2.22. The van der Waals surface area contributed by atoms with Crippen molar-refractivity contribution in [2.45, 2.75) is 0 Å². The molecule has 1 aromatic rings. The van der Waals surface area contributed by atoms with Crippen LogP contribution in [0.3, 0.4) is 0 Å². The number of hydrogen-bond donors (Lipinski definition) is 2. The molecule has 0 aliphatic carbocycles. The predicted octanol–water partition coefficient (Wildman–Crippen LogP) is -0.215. The van der Waals surface area contributed by atoms with E-state index in [1.54, 1.807) is 32.0 Å². The van der Waals surface area contributed by atoms with Crippen LogP contribution in [-0.2, 0) is 7.05 Å². The predicted molar refractivity (Wildman–Crippen MR) is 50.9 cm³/mol. The minimum absolute atomic E-state index is 0.320. The Bertz CT molecular complexity index is 317. The number of aryl methyl sites for hydroxylation is 1. The van der Waals surface area contributed by atoms with E-state index in [2.05, 4.69) is 15.4 Å². The monoisotopic (exact) mass is 183 g/mol. The van der Waals surface area contributed by atoms with Gasteiger partial charge >= 0.3 is 0 Å². The van der Waals surface area contributed by atoms with Crippen molar-refractivity contribution in [1.29, 1.82) is 0 Å². The van der Waals surface area contributed by atoms with Gasteiger partial charge in [-0.2, -0.15) is 5.10 Å². The number of aliphatic imine (C=N–C) groups is 1. The number of nitrogens with two attached hydrogens (primary N) is 1. The summed E-state index contributed by atoms with van der Waals surface area (Å²) in [6.07, 6.45) is 0. The Morgan fingerprint density at radius 2 is 2.46 bits per heavy atom. The summed E-state index contributed by atoms with van der Waals surface area (Å²) in [4.78, 5) is 3.74. The minimum atomic E-state index is 0.320. The molecule has 1 heterocycles. The van der Waals surface area contributed by atoms with Gasteiger partial charge in [0.2, 0.25) is 5.88 Å². The van der Waals surface area contributed by atoms with E-state index in [-0.39, 0.29) is 0 Å². The summed E-state index contributed by atoms with van der Waals surface area (Å²) in [6, 6.07) is 1.73. The highest BCUT2D eigenvalue weighted by atomic mass is 16.5. The highest BCUT2D eigenvalue weighted by Crippen LogP contribution is 2.14. The van der Waals surface area contributed by atoms with Crippen molar-refractivity contribution in [1.82, 2.24) is 9.78 Å². The standard InChI is InChI=1S/C7H13N5O/c1-9-7(8)10-5-4-6(13-3)12(2)11-5/h4H,1-3H3,(H3,8,9,10,11). The lowest BCUT2D eigenvalue weighted by atomic mass is 10.6. The van der Waals surface area contributed by atoms with E-state index in [0.29, 0.717) is 17.7 Å². The molecule has 13 heavy (non-hydrogen) atoms. The Morgan fingerprint density at radius 1 is 1.77 bits per heavy atom. The number of rotatable bonds is 2. The molecule has 0 radical (unpaired) electrons. The zero-order valence-electron chi connectivity index (χ0n) is 7.90. The fraction of sp³-hybridized carbons (Fsp3) is 0.429. The van der Waals surface area contributed by atoms with Crippen molar-refractivity contribution >= 4 is 11.8 Å². The molecule has 1 rings (SSSR count). The molecular weight excluding hydrogens is 170 g/mol. The molecule has 0 atom stereocenters. The van der Waals surface area contributed by atoms with E-state index in [1.165, 1.54) is 0 Å². The quantitative estimate of drug-likeness (QED) is 0.491. The molecule has 1 aromatic heterocycles. The zero-order valence-corrected chi connectivity index (χ0v) is 7.90. The fourth-order valence-electron chi connectivity index (χ4n) is 0.889. The SMILES string of the molecule is CN=C(N)Nc1cc(OC)n(C)n1. The molecule has 0 aromatic carbocycles. The van der Waals surface area contributed by atoms with Crippen molar-refractivity contribution < 1.29 is 4.74 Å². The number of hydrogen-bond acceptors (Lipinski definition) is 3. The lowest BCUT2D eigenvalue weighted by molar-refractivity contribution is 0.373. The van der Waals surface area contributed by atoms with Crippen LogP contribution in [0, 0.1) is 0 Å². The first-order valence-corrected chi connectivity index (χ1v) is 3.74. The third-order valence-electron chi connectivity index (χ3n) is 1.54. The summed E-state index contributed by atoms with van der Waals surface area (Å²) in [5.74, 6) is 1.59. The van der Waals surface area contributed by atoms with E-state index >= 15 is 0 Å². The van der Waals surface area contributed by atoms with Gasteiger partial charge in [0.05, 0.1) is 7.11 Å². The summed E-state index contributed by atoms with van der Waals surface area (Å²) in [5.41, 5.74) is 5.45. The van der Waals surface area contributed by atoms with E-state index in [1.807, 2.05) is 0 Å². The van der Waals surface area contributed by atoms with Gasteiger partial charge in [-0.1, -0.05) is 0 Å². The first-order valence-electron chi connectivity index (χ1n) is 3.74. The molecule has 0 amide bonds. The Morgan fingerprint density at radius 3 is 2.92 bits per heavy atom. The van der Waals surface area contributed by atoms with Crippen molar-refractivity contribution in [3.8, 4) is 5.88 Å². The molecule has 0 bridgehead atoms. The lowest BCUT2D eigenvalue weighted by Gasteiger charge is -1.97. The number of nitrogens with zero attached hydrogens (tertiary/aromatic N) is 3. The van der Waals surface area contributed by atoms with E-state index in [9.17, 15) is 0 Å². The van der Waals surface area contributed by atoms with Crippen LogP contribution < -0.4 is 15.8 Å². The van der Waals surface area contributed by atoms with Crippen LogP contribution >= 0.6 is 0 Å². The number of guanidine groups is 1. The van der Waals surface area contributed by atoms with Gasteiger partial charge in [-0.15, -0.1) is 0 Å². The van der Waals surface area contributed by atoms with Crippen LogP contribution in [0.2, 0.25) is 0 Å². The molecule has 0 fully saturated rings. The highest BCUT2D eigenvalue weighted by Gasteiger charge is 2.04. The van der Waals surface area contributed by atoms with Gasteiger partial charge in [-0.3, -0.25) is 4.99 Å². The van der Waals surface area contributed by atoms with Crippen molar-refractivity contribution in [2.24, 2.45) is 17.8 Å². The summed E-state index contributed by atoms with van der Waals surface area (Å²) in [7, 11) is 4.96. The first-order chi connectivity index (χ1) is 6.17. The summed E-state index contributed by atoms with van der Waals surface area (Å²) < 4.78 is 6.62. The molecule has 0 aliphatic rings. The topological polar surface area (TPSA) is 77.5 Å². The van der Waals surface area contributed by atoms with Gasteiger partial charge < -0.3 is 15.8 Å². The van der Waals surface area contributed by atoms with Crippen LogP contribution in [0.4, 0.5) is 5.82 Å². The smallest absolute Gasteiger partial charge is 0.213 e. The Hall–Kier alpha value is -1.72. The number of nitrogens with one attached hydrogen (secondary N) is 1. The van der Waals surface area contributed by atoms with Gasteiger partial charge in [-0.05, 0) is 0 Å². The summed E-state index contributed by atoms with van der Waals surface area (Å²) in [6.45, 7) is 0. The van der Waals surface area contributed by atoms with Gasteiger partial charge in [-0.25, -0.2) is 4.68 Å². The molecule has 0 unspecified atom stereocenters. The number of ether oxygens (including phenoxy) is 1. The van der Waals surface area contributed by atoms with E-state index in [4.69, 9.17) is 10.5 Å². The second kappa shape index (κ2) is 3.79. The summed E-state index contributed by atoms with van der Waals surface area (Å²) in [5, 5.41) is 6.89. The van der Waals surface area contributed by atoms with Crippen LogP contribution in [0.15, 0.2) is 11.1 Å². The average molecular weight is 183 g/mol.